The Morgan fingerprint density at radius 3 is 2.88 bits per heavy atom. The summed E-state index contributed by atoms with van der Waals surface area (Å²) in [5.74, 6) is -0.841. The van der Waals surface area contributed by atoms with E-state index >= 15 is 0 Å². The third kappa shape index (κ3) is 5.29. The molecule has 13 heteroatoms. The van der Waals surface area contributed by atoms with Crippen molar-refractivity contribution in [3.63, 3.8) is 0 Å². The topological polar surface area (TPSA) is 180 Å². The number of benzene rings is 1. The second-order valence-electron chi connectivity index (χ2n) is 4.95. The van der Waals surface area contributed by atoms with Crippen LogP contribution in [0.15, 0.2) is 27.8 Å². The highest BCUT2D eigenvalue weighted by atomic mass is 32.2. The molecule has 138 valence electrons. The Morgan fingerprint density at radius 1 is 1.46 bits per heavy atom. The zero-order valence-corrected chi connectivity index (χ0v) is 14.0. The number of aromatic nitrogens is 2. The van der Waals surface area contributed by atoms with E-state index in [9.17, 15) is 18.0 Å². The highest BCUT2D eigenvalue weighted by Crippen LogP contribution is 2.18. The summed E-state index contributed by atoms with van der Waals surface area (Å²) < 4.78 is 41.7. The number of amidine groups is 1. The zero-order chi connectivity index (χ0) is 19.2. The van der Waals surface area contributed by atoms with E-state index in [1.54, 1.807) is 6.07 Å². The second kappa shape index (κ2) is 8.45. The summed E-state index contributed by atoms with van der Waals surface area (Å²) in [6, 6.07) is 5.24. The summed E-state index contributed by atoms with van der Waals surface area (Å²) in [6.07, 6.45) is 0.570. The minimum atomic E-state index is -3.79. The van der Waals surface area contributed by atoms with Gasteiger partial charge in [-0.25, -0.2) is 23.9 Å². The molecule has 0 saturated carbocycles. The Bertz CT molecular complexity index is 952. The van der Waals surface area contributed by atoms with Gasteiger partial charge in [0.05, 0.1) is 11.3 Å². The van der Waals surface area contributed by atoms with Crippen molar-refractivity contribution in [2.75, 3.05) is 6.54 Å². The predicted molar refractivity (Wildman–Crippen MR) is 86.0 cm³/mol. The third-order valence-electron chi connectivity index (χ3n) is 3.09. The number of nitriles is 1. The van der Waals surface area contributed by atoms with Crippen molar-refractivity contribution in [1.82, 2.24) is 20.5 Å². The Hall–Kier alpha value is -2.92. The van der Waals surface area contributed by atoms with Crippen LogP contribution in [-0.2, 0) is 16.6 Å². The molecule has 0 fully saturated rings. The van der Waals surface area contributed by atoms with Gasteiger partial charge in [-0.3, -0.25) is 10.7 Å². The van der Waals surface area contributed by atoms with E-state index < -0.39 is 16.0 Å². The summed E-state index contributed by atoms with van der Waals surface area (Å²) in [4.78, 5) is 4.04. The zero-order valence-electron chi connectivity index (χ0n) is 13.2. The molecule has 0 aliphatic carbocycles. The minimum Gasteiger partial charge on any atom is -0.290 e. The molecule has 1 heterocycles. The maximum atomic E-state index is 13.4. The molecule has 0 bridgehead atoms. The molecule has 11 nitrogen and oxygen atoms in total. The first-order valence-corrected chi connectivity index (χ1v) is 8.66. The van der Waals surface area contributed by atoms with Gasteiger partial charge in [0.25, 0.3) is 10.2 Å². The molecule has 0 aliphatic heterocycles. The lowest BCUT2D eigenvalue weighted by atomic mass is 10.2. The summed E-state index contributed by atoms with van der Waals surface area (Å²) in [6.45, 7) is 0.0631. The molecule has 2 rings (SSSR count). The SMILES string of the molecule is N#Cc1cc(N=C(NO)c2nonc2CCCNS(N)(=O)=O)ccc1F. The van der Waals surface area contributed by atoms with E-state index in [1.807, 2.05) is 5.48 Å². The van der Waals surface area contributed by atoms with Gasteiger partial charge in [0.2, 0.25) is 0 Å². The molecule has 26 heavy (non-hydrogen) atoms. The lowest BCUT2D eigenvalue weighted by molar-refractivity contribution is 0.234. The number of halogens is 1. The Morgan fingerprint density at radius 2 is 2.23 bits per heavy atom. The Kier molecular flexibility index (Phi) is 6.31. The lowest BCUT2D eigenvalue weighted by Gasteiger charge is -2.04. The number of rotatable bonds is 7. The van der Waals surface area contributed by atoms with Gasteiger partial charge in [0.1, 0.15) is 17.6 Å². The molecule has 0 atom stereocenters. The van der Waals surface area contributed by atoms with Gasteiger partial charge in [-0.05, 0) is 36.2 Å². The number of hydroxylamine groups is 1. The van der Waals surface area contributed by atoms with Crippen LogP contribution in [0.4, 0.5) is 10.1 Å². The summed E-state index contributed by atoms with van der Waals surface area (Å²) in [5.41, 5.74) is 2.18. The van der Waals surface area contributed by atoms with Crippen molar-refractivity contribution in [3.05, 3.63) is 41.0 Å². The first kappa shape index (κ1) is 19.4. The van der Waals surface area contributed by atoms with E-state index in [4.69, 9.17) is 10.4 Å². The molecular weight excluding hydrogens is 369 g/mol. The van der Waals surface area contributed by atoms with E-state index in [0.29, 0.717) is 12.1 Å². The molecule has 0 spiro atoms. The largest absolute Gasteiger partial charge is 0.290 e. The van der Waals surface area contributed by atoms with Crippen LogP contribution < -0.4 is 15.3 Å². The number of nitrogens with one attached hydrogen (secondary N) is 2. The second-order valence-corrected chi connectivity index (χ2v) is 6.33. The quantitative estimate of drug-likeness (QED) is 0.221. The number of nitrogens with two attached hydrogens (primary N) is 1. The van der Waals surface area contributed by atoms with E-state index in [0.717, 1.165) is 6.07 Å². The molecule has 0 amide bonds. The number of nitrogens with zero attached hydrogens (tertiary/aromatic N) is 4. The van der Waals surface area contributed by atoms with Crippen molar-refractivity contribution in [2.24, 2.45) is 10.1 Å². The molecule has 2 aromatic rings. The monoisotopic (exact) mass is 383 g/mol. The van der Waals surface area contributed by atoms with E-state index in [1.165, 1.54) is 12.1 Å². The van der Waals surface area contributed by atoms with Crippen LogP contribution >= 0.6 is 0 Å². The molecule has 0 aliphatic rings. The van der Waals surface area contributed by atoms with Gasteiger partial charge < -0.3 is 0 Å². The van der Waals surface area contributed by atoms with Gasteiger partial charge in [-0.2, -0.15) is 13.7 Å². The highest BCUT2D eigenvalue weighted by molar-refractivity contribution is 7.87. The number of aliphatic imine (C=N–C) groups is 1. The Balaban J connectivity index is 2.18. The van der Waals surface area contributed by atoms with Crippen LogP contribution in [0.3, 0.4) is 0 Å². The Labute approximate surface area is 147 Å². The van der Waals surface area contributed by atoms with Crippen molar-refractivity contribution in [2.45, 2.75) is 12.8 Å². The van der Waals surface area contributed by atoms with Crippen LogP contribution in [-0.4, -0.2) is 36.3 Å². The fourth-order valence-corrected chi connectivity index (χ4v) is 2.38. The number of hydrogen-bond acceptors (Lipinski definition) is 8. The fraction of sp³-hybridized carbons (Fsp3) is 0.231. The smallest absolute Gasteiger partial charge is 0.274 e. The van der Waals surface area contributed by atoms with Crippen LogP contribution in [0.25, 0.3) is 0 Å². The minimum absolute atomic E-state index is 0.0631. The number of hydrogen-bond donors (Lipinski definition) is 4. The van der Waals surface area contributed by atoms with Crippen molar-refractivity contribution in [3.8, 4) is 6.07 Å². The first-order valence-electron chi connectivity index (χ1n) is 7.11. The molecule has 0 radical (unpaired) electrons. The van der Waals surface area contributed by atoms with Gasteiger partial charge in [0.15, 0.2) is 11.5 Å². The maximum Gasteiger partial charge on any atom is 0.274 e. The normalized spacial score (nSPS) is 12.0. The van der Waals surface area contributed by atoms with E-state index in [-0.39, 0.29) is 35.7 Å². The van der Waals surface area contributed by atoms with Gasteiger partial charge in [0, 0.05) is 6.54 Å². The molecule has 5 N–H and O–H groups in total. The van der Waals surface area contributed by atoms with Crippen molar-refractivity contribution in [1.29, 1.82) is 5.26 Å². The van der Waals surface area contributed by atoms with Crippen molar-refractivity contribution < 1.29 is 22.6 Å². The lowest BCUT2D eigenvalue weighted by Crippen LogP contribution is -2.31. The molecule has 1 aromatic heterocycles. The van der Waals surface area contributed by atoms with Crippen molar-refractivity contribution >= 4 is 21.7 Å². The molecular formula is C13H14FN7O4S. The predicted octanol–water partition coefficient (Wildman–Crippen LogP) is -0.137. The van der Waals surface area contributed by atoms with Crippen LogP contribution in [0, 0.1) is 17.1 Å². The average molecular weight is 383 g/mol. The maximum absolute atomic E-state index is 13.4. The van der Waals surface area contributed by atoms with Crippen LogP contribution in [0.1, 0.15) is 23.4 Å². The third-order valence-corrected chi connectivity index (χ3v) is 3.70. The standard InChI is InChI=1S/C13H14FN7O4S/c14-10-4-3-9(6-8(10)7-15)18-13(19-22)12-11(20-25-21-12)2-1-5-17-26(16,23)24/h3-4,6,17,22H,1-2,5H2,(H,18,19)(H2,16,23,24). The molecule has 0 saturated heterocycles. The van der Waals surface area contributed by atoms with Gasteiger partial charge in [-0.15, -0.1) is 0 Å². The summed E-state index contributed by atoms with van der Waals surface area (Å²) in [7, 11) is -3.79. The van der Waals surface area contributed by atoms with Crippen LogP contribution in [0.2, 0.25) is 0 Å². The van der Waals surface area contributed by atoms with Crippen LogP contribution in [0.5, 0.6) is 0 Å². The summed E-state index contributed by atoms with van der Waals surface area (Å²) >= 11 is 0. The van der Waals surface area contributed by atoms with E-state index in [2.05, 4.69) is 24.7 Å². The highest BCUT2D eigenvalue weighted by Gasteiger charge is 2.16. The summed E-state index contributed by atoms with van der Waals surface area (Å²) in [5, 5.41) is 30.3. The first-order chi connectivity index (χ1) is 12.3. The molecule has 0 unspecified atom stereocenters. The van der Waals surface area contributed by atoms with Gasteiger partial charge >= 0.3 is 0 Å². The average Bonchev–Trinajstić information content (AvgIpc) is 3.05. The fourth-order valence-electron chi connectivity index (χ4n) is 1.95. The molecule has 1 aromatic carbocycles. The van der Waals surface area contributed by atoms with Gasteiger partial charge in [-0.1, -0.05) is 5.16 Å². The number of aryl methyl sites for hydroxylation is 1.